The molecule has 0 aliphatic carbocycles. The standard InChI is InChI=1S/C20H23ClN2O3S/c21-17-7-4-6-16(14-17)10-11-20(24)22-18-8-5-9-19(15-18)27(25,26)23-12-2-1-3-13-23/h4-9,14-15H,1-3,10-13H2,(H,22,24). The van der Waals surface area contributed by atoms with Crippen molar-refractivity contribution < 1.29 is 13.2 Å². The van der Waals surface area contributed by atoms with Crippen LogP contribution in [-0.4, -0.2) is 31.7 Å². The van der Waals surface area contributed by atoms with Crippen LogP contribution in [0.25, 0.3) is 0 Å². The summed E-state index contributed by atoms with van der Waals surface area (Å²) in [6.07, 6.45) is 3.70. The van der Waals surface area contributed by atoms with Crippen LogP contribution in [0.2, 0.25) is 5.02 Å². The highest BCUT2D eigenvalue weighted by Gasteiger charge is 2.26. The molecule has 27 heavy (non-hydrogen) atoms. The van der Waals surface area contributed by atoms with Crippen LogP contribution in [0.1, 0.15) is 31.2 Å². The Labute approximate surface area is 165 Å². The van der Waals surface area contributed by atoms with Crippen molar-refractivity contribution in [2.45, 2.75) is 37.0 Å². The molecule has 2 aromatic carbocycles. The van der Waals surface area contributed by atoms with Gasteiger partial charge in [0.15, 0.2) is 0 Å². The average molecular weight is 407 g/mol. The molecule has 0 saturated carbocycles. The van der Waals surface area contributed by atoms with Gasteiger partial charge >= 0.3 is 0 Å². The summed E-state index contributed by atoms with van der Waals surface area (Å²) in [4.78, 5) is 12.4. The van der Waals surface area contributed by atoms with E-state index >= 15 is 0 Å². The lowest BCUT2D eigenvalue weighted by Crippen LogP contribution is -2.35. The van der Waals surface area contributed by atoms with Gasteiger partial charge in [-0.3, -0.25) is 4.79 Å². The molecule has 2 aromatic rings. The predicted molar refractivity (Wildman–Crippen MR) is 107 cm³/mol. The zero-order valence-corrected chi connectivity index (χ0v) is 16.6. The first-order valence-corrected chi connectivity index (χ1v) is 10.9. The molecule has 0 unspecified atom stereocenters. The topological polar surface area (TPSA) is 66.5 Å². The molecule has 5 nitrogen and oxygen atoms in total. The highest BCUT2D eigenvalue weighted by atomic mass is 35.5. The summed E-state index contributed by atoms with van der Waals surface area (Å²) in [6, 6.07) is 13.9. The molecule has 0 radical (unpaired) electrons. The van der Waals surface area contributed by atoms with Crippen molar-refractivity contribution in [1.29, 1.82) is 0 Å². The summed E-state index contributed by atoms with van der Waals surface area (Å²) in [5, 5.41) is 3.43. The maximum atomic E-state index is 12.8. The molecular formula is C20H23ClN2O3S. The summed E-state index contributed by atoms with van der Waals surface area (Å²) in [7, 11) is -3.51. The van der Waals surface area contributed by atoms with Crippen LogP contribution < -0.4 is 5.32 Å². The molecule has 144 valence electrons. The van der Waals surface area contributed by atoms with Gasteiger partial charge in [-0.2, -0.15) is 4.31 Å². The smallest absolute Gasteiger partial charge is 0.243 e. The molecule has 1 N–H and O–H groups in total. The van der Waals surface area contributed by atoms with Gasteiger partial charge in [0.2, 0.25) is 15.9 Å². The van der Waals surface area contributed by atoms with E-state index in [9.17, 15) is 13.2 Å². The maximum absolute atomic E-state index is 12.8. The minimum Gasteiger partial charge on any atom is -0.326 e. The second kappa shape index (κ2) is 8.87. The first-order valence-electron chi connectivity index (χ1n) is 9.10. The largest absolute Gasteiger partial charge is 0.326 e. The Bertz CT molecular complexity index is 909. The molecule has 1 fully saturated rings. The quantitative estimate of drug-likeness (QED) is 0.785. The van der Waals surface area contributed by atoms with Crippen LogP contribution in [0.5, 0.6) is 0 Å². The van der Waals surface area contributed by atoms with Crippen LogP contribution >= 0.6 is 11.6 Å². The molecule has 1 aliphatic rings. The third-order valence-electron chi connectivity index (χ3n) is 4.60. The molecule has 1 heterocycles. The van der Waals surface area contributed by atoms with E-state index in [1.54, 1.807) is 24.3 Å². The van der Waals surface area contributed by atoms with Crippen LogP contribution in [0.3, 0.4) is 0 Å². The number of nitrogens with zero attached hydrogens (tertiary/aromatic N) is 1. The van der Waals surface area contributed by atoms with Gasteiger partial charge in [-0.15, -0.1) is 0 Å². The number of rotatable bonds is 6. The Hall–Kier alpha value is -1.89. The number of sulfonamides is 1. The van der Waals surface area contributed by atoms with E-state index in [4.69, 9.17) is 11.6 Å². The van der Waals surface area contributed by atoms with E-state index in [0.717, 1.165) is 24.8 Å². The zero-order valence-electron chi connectivity index (χ0n) is 15.0. The van der Waals surface area contributed by atoms with Gasteiger partial charge < -0.3 is 5.32 Å². The van der Waals surface area contributed by atoms with Gasteiger partial charge in [-0.1, -0.05) is 36.2 Å². The number of halogens is 1. The molecule has 1 amide bonds. The average Bonchev–Trinajstić information content (AvgIpc) is 2.67. The molecule has 7 heteroatoms. The molecule has 1 aliphatic heterocycles. The second-order valence-corrected chi connectivity index (χ2v) is 9.05. The Morgan fingerprint density at radius 2 is 1.78 bits per heavy atom. The summed E-state index contributed by atoms with van der Waals surface area (Å²) in [6.45, 7) is 1.11. The van der Waals surface area contributed by atoms with Gasteiger partial charge in [0, 0.05) is 30.2 Å². The normalized spacial score (nSPS) is 15.4. The number of hydrogen-bond donors (Lipinski definition) is 1. The number of carbonyl (C=O) groups is 1. The van der Waals surface area contributed by atoms with E-state index < -0.39 is 10.0 Å². The Morgan fingerprint density at radius 3 is 2.52 bits per heavy atom. The van der Waals surface area contributed by atoms with Crippen molar-refractivity contribution in [2.24, 2.45) is 0 Å². The van der Waals surface area contributed by atoms with Crippen LogP contribution in [0.15, 0.2) is 53.4 Å². The predicted octanol–water partition coefficient (Wildman–Crippen LogP) is 4.09. The third kappa shape index (κ3) is 5.31. The van der Waals surface area contributed by atoms with Crippen molar-refractivity contribution in [2.75, 3.05) is 18.4 Å². The number of carbonyl (C=O) groups excluding carboxylic acids is 1. The number of aryl methyl sites for hydroxylation is 1. The van der Waals surface area contributed by atoms with E-state index in [0.29, 0.717) is 36.6 Å². The van der Waals surface area contributed by atoms with Gasteiger partial charge in [-0.25, -0.2) is 8.42 Å². The lowest BCUT2D eigenvalue weighted by Gasteiger charge is -2.26. The van der Waals surface area contributed by atoms with Gasteiger partial charge in [0.05, 0.1) is 4.90 Å². The number of amides is 1. The lowest BCUT2D eigenvalue weighted by atomic mass is 10.1. The Balaban J connectivity index is 1.64. The first-order chi connectivity index (χ1) is 12.9. The fourth-order valence-corrected chi connectivity index (χ4v) is 4.94. The van der Waals surface area contributed by atoms with Gasteiger partial charge in [0.1, 0.15) is 0 Å². The fourth-order valence-electron chi connectivity index (χ4n) is 3.16. The number of benzene rings is 2. The van der Waals surface area contributed by atoms with Crippen LogP contribution in [-0.2, 0) is 21.2 Å². The highest BCUT2D eigenvalue weighted by molar-refractivity contribution is 7.89. The zero-order chi connectivity index (χ0) is 19.3. The minimum absolute atomic E-state index is 0.164. The molecule has 0 spiro atoms. The van der Waals surface area contributed by atoms with Gasteiger partial charge in [0.25, 0.3) is 0 Å². The molecule has 0 aromatic heterocycles. The van der Waals surface area contributed by atoms with E-state index in [2.05, 4.69) is 5.32 Å². The van der Waals surface area contributed by atoms with Crippen molar-refractivity contribution in [3.8, 4) is 0 Å². The number of piperidine rings is 1. The highest BCUT2D eigenvalue weighted by Crippen LogP contribution is 2.23. The van der Waals surface area contributed by atoms with Crippen molar-refractivity contribution in [1.82, 2.24) is 4.31 Å². The number of hydrogen-bond acceptors (Lipinski definition) is 3. The van der Waals surface area contributed by atoms with Crippen molar-refractivity contribution in [3.05, 3.63) is 59.1 Å². The Morgan fingerprint density at radius 1 is 1.04 bits per heavy atom. The van der Waals surface area contributed by atoms with Crippen molar-refractivity contribution >= 4 is 33.2 Å². The fraction of sp³-hybridized carbons (Fsp3) is 0.350. The minimum atomic E-state index is -3.51. The number of anilines is 1. The third-order valence-corrected chi connectivity index (χ3v) is 6.73. The lowest BCUT2D eigenvalue weighted by molar-refractivity contribution is -0.116. The van der Waals surface area contributed by atoms with Crippen molar-refractivity contribution in [3.63, 3.8) is 0 Å². The second-order valence-electron chi connectivity index (χ2n) is 6.67. The molecule has 1 saturated heterocycles. The molecule has 3 rings (SSSR count). The molecule has 0 atom stereocenters. The van der Waals surface area contributed by atoms with E-state index in [-0.39, 0.29) is 10.8 Å². The first kappa shape index (κ1) is 19.9. The van der Waals surface area contributed by atoms with Crippen LogP contribution in [0.4, 0.5) is 5.69 Å². The Kier molecular flexibility index (Phi) is 6.52. The summed E-state index contributed by atoms with van der Waals surface area (Å²) < 4.78 is 27.1. The summed E-state index contributed by atoms with van der Waals surface area (Å²) >= 11 is 5.95. The summed E-state index contributed by atoms with van der Waals surface area (Å²) in [5.41, 5.74) is 1.48. The summed E-state index contributed by atoms with van der Waals surface area (Å²) in [5.74, 6) is -0.164. The monoisotopic (exact) mass is 406 g/mol. The van der Waals surface area contributed by atoms with E-state index in [1.807, 2.05) is 18.2 Å². The maximum Gasteiger partial charge on any atom is 0.243 e. The molecule has 0 bridgehead atoms. The molecular weight excluding hydrogens is 384 g/mol. The SMILES string of the molecule is O=C(CCc1cccc(Cl)c1)Nc1cccc(S(=O)(=O)N2CCCCC2)c1. The van der Waals surface area contributed by atoms with Crippen LogP contribution in [0, 0.1) is 0 Å². The number of nitrogens with one attached hydrogen (secondary N) is 1. The van der Waals surface area contributed by atoms with Gasteiger partial charge in [-0.05, 0) is 55.2 Å². The van der Waals surface area contributed by atoms with E-state index in [1.165, 1.54) is 10.4 Å².